The minimum absolute atomic E-state index is 0.316. The molecule has 2 heterocycles. The van der Waals surface area contributed by atoms with E-state index in [4.69, 9.17) is 9.47 Å². The van der Waals surface area contributed by atoms with Gasteiger partial charge in [0.15, 0.2) is 23.3 Å². The average Bonchev–Trinajstić information content (AvgIpc) is 3.09. The van der Waals surface area contributed by atoms with Crippen LogP contribution in [0.25, 0.3) is 0 Å². The standard InChI is InChI=1S/C17H8F7NO2S/c1-7-13(20)15(26-8-2-3-10(18)11(19)4-8)25-16(14(7)21)27-9-5-12(28-6-9)17(22,23)24/h2-6H,1H3. The van der Waals surface area contributed by atoms with Gasteiger partial charge in [-0.3, -0.25) is 0 Å². The predicted octanol–water partition coefficient (Wildman–Crippen LogP) is 6.61. The molecule has 0 radical (unpaired) electrons. The Balaban J connectivity index is 1.94. The van der Waals surface area contributed by atoms with Gasteiger partial charge in [-0.25, -0.2) is 17.6 Å². The zero-order valence-electron chi connectivity index (χ0n) is 13.7. The minimum Gasteiger partial charge on any atom is -0.436 e. The monoisotopic (exact) mass is 423 g/mol. The van der Waals surface area contributed by atoms with Crippen molar-refractivity contribution < 1.29 is 40.2 Å². The van der Waals surface area contributed by atoms with Crippen LogP contribution in [0.2, 0.25) is 0 Å². The number of ether oxygens (including phenoxy) is 2. The SMILES string of the molecule is Cc1c(F)c(Oc2csc(C(F)(F)F)c2)nc(Oc2ccc(F)c(F)c2)c1F. The first-order valence-corrected chi connectivity index (χ1v) is 8.26. The summed E-state index contributed by atoms with van der Waals surface area (Å²) in [7, 11) is 0. The third-order valence-electron chi connectivity index (χ3n) is 3.41. The van der Waals surface area contributed by atoms with Crippen molar-refractivity contribution in [3.8, 4) is 23.3 Å². The Morgan fingerprint density at radius 3 is 2.00 bits per heavy atom. The van der Waals surface area contributed by atoms with Gasteiger partial charge in [-0.2, -0.15) is 18.2 Å². The Morgan fingerprint density at radius 1 is 0.857 bits per heavy atom. The lowest BCUT2D eigenvalue weighted by Gasteiger charge is -2.11. The van der Waals surface area contributed by atoms with Crippen LogP contribution in [0.1, 0.15) is 10.4 Å². The summed E-state index contributed by atoms with van der Waals surface area (Å²) in [6.45, 7) is 1.02. The van der Waals surface area contributed by atoms with Gasteiger partial charge in [-0.1, -0.05) is 0 Å². The molecular formula is C17H8F7NO2S. The van der Waals surface area contributed by atoms with E-state index >= 15 is 0 Å². The summed E-state index contributed by atoms with van der Waals surface area (Å²) in [5.74, 6) is -7.31. The first kappa shape index (κ1) is 19.9. The maximum atomic E-state index is 14.2. The molecule has 0 bridgehead atoms. The molecule has 0 atom stereocenters. The second-order valence-corrected chi connectivity index (χ2v) is 6.31. The van der Waals surface area contributed by atoms with E-state index in [1.165, 1.54) is 0 Å². The van der Waals surface area contributed by atoms with E-state index in [-0.39, 0.29) is 11.5 Å². The van der Waals surface area contributed by atoms with Gasteiger partial charge in [0.25, 0.3) is 11.8 Å². The number of hydrogen-bond donors (Lipinski definition) is 0. The maximum absolute atomic E-state index is 14.2. The molecule has 148 valence electrons. The van der Waals surface area contributed by atoms with E-state index in [2.05, 4.69) is 4.98 Å². The van der Waals surface area contributed by atoms with Crippen LogP contribution in [0.4, 0.5) is 30.7 Å². The van der Waals surface area contributed by atoms with Crippen molar-refractivity contribution in [3.63, 3.8) is 0 Å². The van der Waals surface area contributed by atoms with E-state index in [9.17, 15) is 30.7 Å². The molecular weight excluding hydrogens is 415 g/mol. The zero-order valence-corrected chi connectivity index (χ0v) is 14.5. The summed E-state index contributed by atoms with van der Waals surface area (Å²) in [4.78, 5) is 2.47. The number of aromatic nitrogens is 1. The van der Waals surface area contributed by atoms with Gasteiger partial charge in [-0.15, -0.1) is 11.3 Å². The van der Waals surface area contributed by atoms with Gasteiger partial charge >= 0.3 is 6.18 Å². The first-order chi connectivity index (χ1) is 13.1. The summed E-state index contributed by atoms with van der Waals surface area (Å²) in [5.41, 5.74) is -0.589. The number of benzene rings is 1. The summed E-state index contributed by atoms with van der Waals surface area (Å²) < 4.78 is 103. The molecule has 1 aromatic carbocycles. The normalized spacial score (nSPS) is 11.6. The molecule has 0 N–H and O–H groups in total. The van der Waals surface area contributed by atoms with Crippen LogP contribution in [0.3, 0.4) is 0 Å². The van der Waals surface area contributed by atoms with Gasteiger partial charge in [0, 0.05) is 23.1 Å². The molecule has 0 aliphatic carbocycles. The molecule has 3 aromatic rings. The summed E-state index contributed by atoms with van der Waals surface area (Å²) >= 11 is 0.316. The van der Waals surface area contributed by atoms with Gasteiger partial charge in [0.05, 0.1) is 0 Å². The Kier molecular flexibility index (Phi) is 5.20. The highest BCUT2D eigenvalue weighted by Crippen LogP contribution is 2.39. The fourth-order valence-electron chi connectivity index (χ4n) is 2.03. The van der Waals surface area contributed by atoms with Crippen molar-refractivity contribution >= 4 is 11.3 Å². The summed E-state index contributed by atoms with van der Waals surface area (Å²) in [6.07, 6.45) is -4.61. The summed E-state index contributed by atoms with van der Waals surface area (Å²) in [6, 6.07) is 2.94. The molecule has 3 rings (SSSR count). The van der Waals surface area contributed by atoms with Crippen LogP contribution in [0.5, 0.6) is 23.3 Å². The van der Waals surface area contributed by atoms with Crippen LogP contribution in [0, 0.1) is 30.2 Å². The maximum Gasteiger partial charge on any atom is 0.425 e. The highest BCUT2D eigenvalue weighted by atomic mass is 32.1. The first-order valence-electron chi connectivity index (χ1n) is 7.38. The van der Waals surface area contributed by atoms with Gasteiger partial charge in [0.1, 0.15) is 16.4 Å². The summed E-state index contributed by atoms with van der Waals surface area (Å²) in [5, 5.41) is 0.971. The van der Waals surface area contributed by atoms with Crippen molar-refractivity contribution in [2.45, 2.75) is 13.1 Å². The lowest BCUT2D eigenvalue weighted by molar-refractivity contribution is -0.134. The van der Waals surface area contributed by atoms with E-state index in [0.29, 0.717) is 23.5 Å². The van der Waals surface area contributed by atoms with Gasteiger partial charge in [-0.05, 0) is 19.1 Å². The number of nitrogens with zero attached hydrogens (tertiary/aromatic N) is 1. The Labute approximate surface area is 157 Å². The molecule has 3 nitrogen and oxygen atoms in total. The number of halogens is 7. The van der Waals surface area contributed by atoms with E-state index in [1.54, 1.807) is 0 Å². The van der Waals surface area contributed by atoms with Crippen molar-refractivity contribution in [1.82, 2.24) is 4.98 Å². The van der Waals surface area contributed by atoms with Crippen LogP contribution < -0.4 is 9.47 Å². The number of hydrogen-bond acceptors (Lipinski definition) is 4. The molecule has 0 amide bonds. The Hall–Kier alpha value is -2.82. The third kappa shape index (κ3) is 4.03. The van der Waals surface area contributed by atoms with Crippen molar-refractivity contribution in [2.75, 3.05) is 0 Å². The van der Waals surface area contributed by atoms with Crippen molar-refractivity contribution in [2.24, 2.45) is 0 Å². The smallest absolute Gasteiger partial charge is 0.425 e. The molecule has 0 unspecified atom stereocenters. The second-order valence-electron chi connectivity index (χ2n) is 5.40. The van der Waals surface area contributed by atoms with Crippen molar-refractivity contribution in [3.05, 3.63) is 63.4 Å². The number of rotatable bonds is 4. The Morgan fingerprint density at radius 2 is 1.46 bits per heavy atom. The molecule has 0 saturated heterocycles. The molecule has 0 aliphatic heterocycles. The Bertz CT molecular complexity index is 1030. The van der Waals surface area contributed by atoms with Gasteiger partial charge in [0.2, 0.25) is 0 Å². The highest BCUT2D eigenvalue weighted by Gasteiger charge is 2.33. The van der Waals surface area contributed by atoms with Crippen LogP contribution in [-0.4, -0.2) is 4.98 Å². The average molecular weight is 423 g/mol. The van der Waals surface area contributed by atoms with Crippen LogP contribution in [-0.2, 0) is 6.18 Å². The molecule has 11 heteroatoms. The largest absolute Gasteiger partial charge is 0.436 e. The quantitative estimate of drug-likeness (QED) is 0.443. The molecule has 28 heavy (non-hydrogen) atoms. The molecule has 0 spiro atoms. The third-order valence-corrected chi connectivity index (χ3v) is 4.37. The molecule has 0 fully saturated rings. The minimum atomic E-state index is -4.61. The number of pyridine rings is 1. The predicted molar refractivity (Wildman–Crippen MR) is 84.7 cm³/mol. The fourth-order valence-corrected chi connectivity index (χ4v) is 2.70. The van der Waals surface area contributed by atoms with E-state index in [0.717, 1.165) is 24.4 Å². The highest BCUT2D eigenvalue weighted by molar-refractivity contribution is 7.10. The van der Waals surface area contributed by atoms with E-state index in [1.807, 2.05) is 0 Å². The lowest BCUT2D eigenvalue weighted by atomic mass is 10.2. The van der Waals surface area contributed by atoms with E-state index < -0.39 is 51.6 Å². The fraction of sp³-hybridized carbons (Fsp3) is 0.118. The van der Waals surface area contributed by atoms with Gasteiger partial charge < -0.3 is 9.47 Å². The molecule has 2 aromatic heterocycles. The second kappa shape index (κ2) is 7.30. The van der Waals surface area contributed by atoms with Crippen LogP contribution in [0.15, 0.2) is 29.6 Å². The van der Waals surface area contributed by atoms with Crippen molar-refractivity contribution in [1.29, 1.82) is 0 Å². The molecule has 0 saturated carbocycles. The number of thiophene rings is 1. The zero-order chi connectivity index (χ0) is 20.6. The topological polar surface area (TPSA) is 31.4 Å². The van der Waals surface area contributed by atoms with Crippen LogP contribution >= 0.6 is 11.3 Å². The number of alkyl halides is 3. The lowest BCUT2D eigenvalue weighted by Crippen LogP contribution is -2.03. The molecule has 0 aliphatic rings.